The number of hydrogen-bond donors (Lipinski definition) is 2. The van der Waals surface area contributed by atoms with E-state index < -0.39 is 11.7 Å². The first-order valence-electron chi connectivity index (χ1n) is 12.1. The third-order valence-corrected chi connectivity index (χ3v) is 6.21. The predicted molar refractivity (Wildman–Crippen MR) is 136 cm³/mol. The molecule has 9 heteroatoms. The van der Waals surface area contributed by atoms with Gasteiger partial charge < -0.3 is 15.6 Å². The molecule has 0 bridgehead atoms. The second kappa shape index (κ2) is 10.2. The smallest absolute Gasteiger partial charge is 0.384 e. The number of halogens is 3. The van der Waals surface area contributed by atoms with Gasteiger partial charge in [0.15, 0.2) is 5.65 Å². The second-order valence-electron chi connectivity index (χ2n) is 9.63. The van der Waals surface area contributed by atoms with Crippen LogP contribution in [0.15, 0.2) is 48.5 Å². The lowest BCUT2D eigenvalue weighted by Crippen LogP contribution is -2.33. The molecule has 0 saturated carbocycles. The van der Waals surface area contributed by atoms with Gasteiger partial charge in [0.25, 0.3) is 5.91 Å². The van der Waals surface area contributed by atoms with Gasteiger partial charge in [-0.2, -0.15) is 13.2 Å². The Kier molecular flexibility index (Phi) is 7.19. The highest BCUT2D eigenvalue weighted by atomic mass is 19.4. The topological polar surface area (TPSA) is 85.8 Å². The number of aromatic nitrogens is 3. The molecule has 0 radical (unpaired) electrons. The van der Waals surface area contributed by atoms with Crippen molar-refractivity contribution < 1.29 is 18.0 Å². The van der Waals surface area contributed by atoms with Gasteiger partial charge in [-0.1, -0.05) is 51.0 Å². The first kappa shape index (κ1) is 25.5. The largest absolute Gasteiger partial charge is 0.416 e. The molecule has 0 aliphatic heterocycles. The molecule has 190 valence electrons. The number of amides is 1. The Morgan fingerprint density at radius 3 is 2.39 bits per heavy atom. The van der Waals surface area contributed by atoms with Crippen molar-refractivity contribution in [3.05, 3.63) is 65.2 Å². The van der Waals surface area contributed by atoms with Crippen molar-refractivity contribution in [2.75, 3.05) is 5.73 Å². The van der Waals surface area contributed by atoms with Crippen LogP contribution >= 0.6 is 0 Å². The van der Waals surface area contributed by atoms with Gasteiger partial charge in [0, 0.05) is 6.04 Å². The van der Waals surface area contributed by atoms with Crippen molar-refractivity contribution in [2.45, 2.75) is 58.8 Å². The summed E-state index contributed by atoms with van der Waals surface area (Å²) in [6, 6.07) is 12.2. The van der Waals surface area contributed by atoms with Crippen LogP contribution in [0.2, 0.25) is 0 Å². The summed E-state index contributed by atoms with van der Waals surface area (Å²) in [5.41, 5.74) is 8.16. The fraction of sp³-hybridized carbons (Fsp3) is 0.370. The van der Waals surface area contributed by atoms with Gasteiger partial charge in [0.05, 0.1) is 23.1 Å². The molecule has 4 rings (SSSR count). The number of benzene rings is 2. The summed E-state index contributed by atoms with van der Waals surface area (Å²) in [4.78, 5) is 22.7. The molecule has 1 atom stereocenters. The first-order valence-corrected chi connectivity index (χ1v) is 12.1. The summed E-state index contributed by atoms with van der Waals surface area (Å²) in [5.74, 6) is 0.326. The maximum atomic E-state index is 13.4. The second-order valence-corrected chi connectivity index (χ2v) is 9.63. The third kappa shape index (κ3) is 5.45. The highest BCUT2D eigenvalue weighted by molar-refractivity contribution is 6.10. The van der Waals surface area contributed by atoms with Gasteiger partial charge in [0.2, 0.25) is 0 Å². The average molecular weight is 498 g/mol. The number of nitrogen functional groups attached to an aromatic ring is 1. The number of fused-ring (bicyclic) bond motifs is 2. The minimum Gasteiger partial charge on any atom is -0.384 e. The maximum Gasteiger partial charge on any atom is 0.416 e. The molecule has 3 N–H and O–H groups in total. The minimum absolute atomic E-state index is 0.0104. The zero-order valence-electron chi connectivity index (χ0n) is 20.6. The first-order chi connectivity index (χ1) is 17.0. The normalized spacial score (nSPS) is 13.0. The fourth-order valence-corrected chi connectivity index (χ4v) is 4.33. The van der Waals surface area contributed by atoms with E-state index in [1.807, 2.05) is 19.1 Å². The molecule has 36 heavy (non-hydrogen) atoms. The van der Waals surface area contributed by atoms with Crippen molar-refractivity contribution in [3.8, 4) is 0 Å². The Bertz CT molecular complexity index is 1390. The van der Waals surface area contributed by atoms with Gasteiger partial charge in [-0.25, -0.2) is 9.97 Å². The third-order valence-electron chi connectivity index (χ3n) is 6.21. The molecule has 2 aromatic carbocycles. The molecule has 1 unspecified atom stereocenters. The molecule has 0 aliphatic carbocycles. The summed E-state index contributed by atoms with van der Waals surface area (Å²) in [6.07, 6.45) is -1.60. The Hall–Kier alpha value is -3.62. The number of anilines is 1. The van der Waals surface area contributed by atoms with Gasteiger partial charge in [-0.05, 0) is 49.1 Å². The number of carbonyl (C=O) groups excluding carboxylic acids is 1. The molecule has 2 aromatic heterocycles. The Labute approximate surface area is 207 Å². The monoisotopic (exact) mass is 497 g/mol. The van der Waals surface area contributed by atoms with E-state index >= 15 is 0 Å². The van der Waals surface area contributed by atoms with E-state index in [-0.39, 0.29) is 29.9 Å². The minimum atomic E-state index is -4.47. The van der Waals surface area contributed by atoms with E-state index in [4.69, 9.17) is 5.73 Å². The van der Waals surface area contributed by atoms with E-state index in [0.717, 1.165) is 31.4 Å². The van der Waals surface area contributed by atoms with Gasteiger partial charge >= 0.3 is 6.18 Å². The SMILES string of the molecule is CC(C)CCCC(C)NC(=O)c1c(N)n(Cc2cccc(C(F)(F)F)c2)c2nc3ccccc3nc12. The summed E-state index contributed by atoms with van der Waals surface area (Å²) in [7, 11) is 0. The van der Waals surface area contributed by atoms with E-state index in [9.17, 15) is 18.0 Å². The zero-order valence-corrected chi connectivity index (χ0v) is 20.6. The van der Waals surface area contributed by atoms with Crippen LogP contribution in [-0.4, -0.2) is 26.5 Å². The fourth-order valence-electron chi connectivity index (χ4n) is 4.33. The number of carbonyl (C=O) groups is 1. The predicted octanol–water partition coefficient (Wildman–Crippen LogP) is 6.18. The van der Waals surface area contributed by atoms with Crippen LogP contribution in [0.1, 0.15) is 61.5 Å². The highest BCUT2D eigenvalue weighted by Gasteiger charge is 2.31. The quantitative estimate of drug-likeness (QED) is 0.304. The van der Waals surface area contributed by atoms with Crippen LogP contribution in [0.4, 0.5) is 19.0 Å². The number of para-hydroxylation sites is 2. The standard InChI is InChI=1S/C27H30F3N5O/c1-16(2)8-6-9-17(3)32-26(36)22-23-25(34-21-13-5-4-12-20(21)33-23)35(24(22)31)15-18-10-7-11-19(14-18)27(28,29)30/h4-5,7,10-14,16-17H,6,8-9,15,31H2,1-3H3,(H,32,36). The average Bonchev–Trinajstić information content (AvgIpc) is 3.07. The van der Waals surface area contributed by atoms with Crippen molar-refractivity contribution in [2.24, 2.45) is 5.92 Å². The Balaban J connectivity index is 1.75. The zero-order chi connectivity index (χ0) is 26.0. The van der Waals surface area contributed by atoms with Crippen molar-refractivity contribution >= 4 is 33.9 Å². The Morgan fingerprint density at radius 1 is 1.03 bits per heavy atom. The van der Waals surface area contributed by atoms with E-state index in [2.05, 4.69) is 29.1 Å². The molecule has 2 heterocycles. The summed E-state index contributed by atoms with van der Waals surface area (Å²) in [5, 5.41) is 3.01. The summed E-state index contributed by atoms with van der Waals surface area (Å²) in [6.45, 7) is 6.27. The molecular weight excluding hydrogens is 467 g/mol. The highest BCUT2D eigenvalue weighted by Crippen LogP contribution is 2.32. The van der Waals surface area contributed by atoms with Crippen LogP contribution in [0.25, 0.3) is 22.2 Å². The van der Waals surface area contributed by atoms with Crippen molar-refractivity contribution in [1.29, 1.82) is 0 Å². The Morgan fingerprint density at radius 2 is 1.72 bits per heavy atom. The van der Waals surface area contributed by atoms with Crippen LogP contribution in [0.3, 0.4) is 0 Å². The molecule has 0 fully saturated rings. The molecule has 6 nitrogen and oxygen atoms in total. The molecule has 0 aliphatic rings. The van der Waals surface area contributed by atoms with Crippen LogP contribution in [0.5, 0.6) is 0 Å². The van der Waals surface area contributed by atoms with Gasteiger partial charge in [-0.3, -0.25) is 4.79 Å². The maximum absolute atomic E-state index is 13.4. The van der Waals surface area contributed by atoms with Crippen LogP contribution in [-0.2, 0) is 12.7 Å². The van der Waals surface area contributed by atoms with Crippen LogP contribution in [0, 0.1) is 5.92 Å². The molecule has 0 spiro atoms. The number of nitrogens with one attached hydrogen (secondary N) is 1. The number of alkyl halides is 3. The van der Waals surface area contributed by atoms with E-state index in [1.54, 1.807) is 22.8 Å². The summed E-state index contributed by atoms with van der Waals surface area (Å²) < 4.78 is 41.4. The number of nitrogens with zero attached hydrogens (tertiary/aromatic N) is 3. The molecular formula is C27H30F3N5O. The van der Waals surface area contributed by atoms with E-state index in [0.29, 0.717) is 33.7 Å². The number of nitrogens with two attached hydrogens (primary N) is 1. The molecule has 1 amide bonds. The summed E-state index contributed by atoms with van der Waals surface area (Å²) >= 11 is 0. The number of rotatable bonds is 8. The van der Waals surface area contributed by atoms with Crippen molar-refractivity contribution in [1.82, 2.24) is 19.9 Å². The lowest BCUT2D eigenvalue weighted by Gasteiger charge is -2.15. The lowest BCUT2D eigenvalue weighted by atomic mass is 10.0. The van der Waals surface area contributed by atoms with Crippen LogP contribution < -0.4 is 11.1 Å². The van der Waals surface area contributed by atoms with Gasteiger partial charge in [0.1, 0.15) is 16.9 Å². The molecule has 4 aromatic rings. The number of hydrogen-bond acceptors (Lipinski definition) is 4. The van der Waals surface area contributed by atoms with Gasteiger partial charge in [-0.15, -0.1) is 0 Å². The van der Waals surface area contributed by atoms with E-state index in [1.165, 1.54) is 6.07 Å². The van der Waals surface area contributed by atoms with Crippen molar-refractivity contribution in [3.63, 3.8) is 0 Å². The lowest BCUT2D eigenvalue weighted by molar-refractivity contribution is -0.137. The molecule has 0 saturated heterocycles.